The first kappa shape index (κ1) is 19.6. The Balaban J connectivity index is 1.67. The van der Waals surface area contributed by atoms with Gasteiger partial charge in [-0.05, 0) is 41.4 Å². The van der Waals surface area contributed by atoms with Gasteiger partial charge in [-0.25, -0.2) is 0 Å². The summed E-state index contributed by atoms with van der Waals surface area (Å²) >= 11 is 0. The zero-order chi connectivity index (χ0) is 20.8. The summed E-state index contributed by atoms with van der Waals surface area (Å²) in [5, 5.41) is 3.02. The normalized spacial score (nSPS) is 22.3. The number of nitrogens with one attached hydrogen (secondary N) is 1. The number of benzene rings is 2. The molecule has 4 rings (SSSR count). The van der Waals surface area contributed by atoms with Gasteiger partial charge in [0, 0.05) is 30.0 Å². The minimum Gasteiger partial charge on any atom is -0.329 e. The highest BCUT2D eigenvalue weighted by Gasteiger charge is 2.38. The van der Waals surface area contributed by atoms with E-state index in [0.717, 1.165) is 16.8 Å². The molecule has 1 N–H and O–H groups in total. The molecule has 3 heteroatoms. The zero-order valence-electron chi connectivity index (χ0n) is 17.7. The zero-order valence-corrected chi connectivity index (χ0v) is 17.7. The van der Waals surface area contributed by atoms with Crippen LogP contribution in [0.1, 0.15) is 74.1 Å². The van der Waals surface area contributed by atoms with E-state index in [4.69, 9.17) is 0 Å². The van der Waals surface area contributed by atoms with Gasteiger partial charge in [0.2, 0.25) is 5.91 Å². The Bertz CT molecular complexity index is 975. The van der Waals surface area contributed by atoms with E-state index >= 15 is 0 Å². The molecule has 3 nitrogen and oxygen atoms in total. The fourth-order valence-electron chi connectivity index (χ4n) is 4.53. The predicted molar refractivity (Wildman–Crippen MR) is 116 cm³/mol. The molecule has 0 saturated heterocycles. The van der Waals surface area contributed by atoms with Gasteiger partial charge in [0.1, 0.15) is 0 Å². The fraction of sp³-hybridized carbons (Fsp3) is 0.385. The van der Waals surface area contributed by atoms with Crippen LogP contribution in [-0.4, -0.2) is 11.7 Å². The van der Waals surface area contributed by atoms with Gasteiger partial charge in [0.05, 0.1) is 0 Å². The van der Waals surface area contributed by atoms with Crippen molar-refractivity contribution in [3.8, 4) is 0 Å². The standard InChI is InChI=1S/C26H29NO2/c1-16-5-7-17(8-6-16)19-13-22-25(23(28)14-19)21(15-24(29)27-22)18-9-11-20(12-10-18)26(2,3)4/h5-12,19,21H,13-15H2,1-4H3,(H,27,29). The molecule has 2 atom stereocenters. The van der Waals surface area contributed by atoms with Gasteiger partial charge in [0.25, 0.3) is 0 Å². The molecule has 0 bridgehead atoms. The summed E-state index contributed by atoms with van der Waals surface area (Å²) in [6, 6.07) is 16.8. The number of allylic oxidation sites excluding steroid dienone is 2. The van der Waals surface area contributed by atoms with Gasteiger partial charge < -0.3 is 5.32 Å². The van der Waals surface area contributed by atoms with Gasteiger partial charge in [-0.3, -0.25) is 9.59 Å². The average molecular weight is 388 g/mol. The third kappa shape index (κ3) is 3.91. The highest BCUT2D eigenvalue weighted by atomic mass is 16.2. The van der Waals surface area contributed by atoms with Crippen LogP contribution in [0.15, 0.2) is 59.8 Å². The summed E-state index contributed by atoms with van der Waals surface area (Å²) in [6.07, 6.45) is 1.56. The molecule has 0 radical (unpaired) electrons. The summed E-state index contributed by atoms with van der Waals surface area (Å²) < 4.78 is 0. The molecule has 0 fully saturated rings. The summed E-state index contributed by atoms with van der Waals surface area (Å²) in [4.78, 5) is 25.7. The Morgan fingerprint density at radius 1 is 0.828 bits per heavy atom. The average Bonchev–Trinajstić information content (AvgIpc) is 2.67. The number of hydrogen-bond donors (Lipinski definition) is 1. The maximum atomic E-state index is 13.2. The number of aryl methyl sites for hydroxylation is 1. The van der Waals surface area contributed by atoms with Crippen molar-refractivity contribution in [1.82, 2.24) is 5.32 Å². The number of carbonyl (C=O) groups is 2. The van der Waals surface area contributed by atoms with E-state index in [1.807, 2.05) is 0 Å². The molecule has 2 aliphatic rings. The van der Waals surface area contributed by atoms with Gasteiger partial charge >= 0.3 is 0 Å². The Morgan fingerprint density at radius 3 is 2.07 bits per heavy atom. The number of Topliss-reactive ketones (excluding diaryl/α,β-unsaturated/α-hetero) is 1. The number of amides is 1. The van der Waals surface area contributed by atoms with Crippen LogP contribution in [0.4, 0.5) is 0 Å². The largest absolute Gasteiger partial charge is 0.329 e. The Hall–Kier alpha value is -2.68. The van der Waals surface area contributed by atoms with E-state index < -0.39 is 0 Å². The topological polar surface area (TPSA) is 46.2 Å². The second kappa shape index (κ2) is 7.29. The molecule has 2 unspecified atom stereocenters. The monoisotopic (exact) mass is 387 g/mol. The van der Waals surface area contributed by atoms with E-state index in [9.17, 15) is 9.59 Å². The van der Waals surface area contributed by atoms with Crippen molar-refractivity contribution in [2.45, 2.75) is 64.2 Å². The van der Waals surface area contributed by atoms with Crippen LogP contribution in [0.3, 0.4) is 0 Å². The van der Waals surface area contributed by atoms with E-state index in [2.05, 4.69) is 81.5 Å². The van der Waals surface area contributed by atoms with E-state index in [1.165, 1.54) is 16.7 Å². The lowest BCUT2D eigenvalue weighted by Crippen LogP contribution is -2.38. The van der Waals surface area contributed by atoms with Crippen LogP contribution in [0.2, 0.25) is 0 Å². The number of carbonyl (C=O) groups excluding carboxylic acids is 2. The lowest BCUT2D eigenvalue weighted by Gasteiger charge is -2.34. The van der Waals surface area contributed by atoms with Crippen LogP contribution < -0.4 is 5.32 Å². The van der Waals surface area contributed by atoms with Crippen LogP contribution in [0.25, 0.3) is 0 Å². The SMILES string of the molecule is Cc1ccc(C2CC(=O)C3=C(C2)NC(=O)CC3c2ccc(C(C)(C)C)cc2)cc1. The maximum Gasteiger partial charge on any atom is 0.225 e. The van der Waals surface area contributed by atoms with Crippen molar-refractivity contribution >= 4 is 11.7 Å². The fourth-order valence-corrected chi connectivity index (χ4v) is 4.53. The van der Waals surface area contributed by atoms with Crippen molar-refractivity contribution in [2.24, 2.45) is 0 Å². The molecule has 2 aromatic carbocycles. The molecule has 29 heavy (non-hydrogen) atoms. The first-order chi connectivity index (χ1) is 13.7. The summed E-state index contributed by atoms with van der Waals surface area (Å²) in [5.41, 5.74) is 6.41. The predicted octanol–water partition coefficient (Wildman–Crippen LogP) is 5.30. The van der Waals surface area contributed by atoms with Crippen LogP contribution >= 0.6 is 0 Å². The molecule has 1 heterocycles. The van der Waals surface area contributed by atoms with Crippen molar-refractivity contribution in [3.63, 3.8) is 0 Å². The second-order valence-electron chi connectivity index (χ2n) is 9.51. The third-order valence-electron chi connectivity index (χ3n) is 6.26. The first-order valence-electron chi connectivity index (χ1n) is 10.5. The molecule has 1 aliphatic heterocycles. The van der Waals surface area contributed by atoms with Gasteiger partial charge in [-0.2, -0.15) is 0 Å². The smallest absolute Gasteiger partial charge is 0.225 e. The molecule has 150 valence electrons. The second-order valence-corrected chi connectivity index (χ2v) is 9.51. The summed E-state index contributed by atoms with van der Waals surface area (Å²) in [5.74, 6) is 0.163. The van der Waals surface area contributed by atoms with Crippen LogP contribution in [-0.2, 0) is 15.0 Å². The highest BCUT2D eigenvalue weighted by Crippen LogP contribution is 2.42. The molecular formula is C26H29NO2. The van der Waals surface area contributed by atoms with Gasteiger partial charge in [0.15, 0.2) is 5.78 Å². The molecule has 0 aromatic heterocycles. The number of rotatable bonds is 2. The molecule has 1 aliphatic carbocycles. The quantitative estimate of drug-likeness (QED) is 0.760. The maximum absolute atomic E-state index is 13.2. The summed E-state index contributed by atoms with van der Waals surface area (Å²) in [6.45, 7) is 8.62. The molecule has 0 saturated carbocycles. The van der Waals surface area contributed by atoms with Crippen molar-refractivity contribution in [3.05, 3.63) is 82.1 Å². The first-order valence-corrected chi connectivity index (χ1v) is 10.5. The van der Waals surface area contributed by atoms with E-state index in [1.54, 1.807) is 0 Å². The Morgan fingerprint density at radius 2 is 1.45 bits per heavy atom. The minimum absolute atomic E-state index is 0.00556. The lowest BCUT2D eigenvalue weighted by molar-refractivity contribution is -0.122. The minimum atomic E-state index is -0.140. The van der Waals surface area contributed by atoms with Crippen molar-refractivity contribution < 1.29 is 9.59 Å². The van der Waals surface area contributed by atoms with Crippen molar-refractivity contribution in [2.75, 3.05) is 0 Å². The third-order valence-corrected chi connectivity index (χ3v) is 6.26. The van der Waals surface area contributed by atoms with E-state index in [0.29, 0.717) is 19.3 Å². The van der Waals surface area contributed by atoms with Crippen LogP contribution in [0.5, 0.6) is 0 Å². The molecular weight excluding hydrogens is 358 g/mol. The molecule has 1 amide bonds. The number of ketones is 1. The van der Waals surface area contributed by atoms with Gasteiger partial charge in [-0.1, -0.05) is 74.9 Å². The number of hydrogen-bond acceptors (Lipinski definition) is 2. The van der Waals surface area contributed by atoms with Crippen LogP contribution in [0, 0.1) is 6.92 Å². The Kier molecular flexibility index (Phi) is 4.94. The molecule has 0 spiro atoms. The lowest BCUT2D eigenvalue weighted by atomic mass is 9.73. The van der Waals surface area contributed by atoms with Gasteiger partial charge in [-0.15, -0.1) is 0 Å². The molecule has 2 aromatic rings. The highest BCUT2D eigenvalue weighted by molar-refractivity contribution is 6.02. The Labute approximate surface area is 173 Å². The van der Waals surface area contributed by atoms with Crippen molar-refractivity contribution in [1.29, 1.82) is 0 Å². The summed E-state index contributed by atoms with van der Waals surface area (Å²) in [7, 11) is 0. The van der Waals surface area contributed by atoms with E-state index in [-0.39, 0.29) is 28.9 Å².